The van der Waals surface area contributed by atoms with Crippen LogP contribution in [0.25, 0.3) is 10.7 Å². The van der Waals surface area contributed by atoms with Crippen molar-refractivity contribution >= 4 is 17.4 Å². The molecule has 67 valence electrons. The van der Waals surface area contributed by atoms with Crippen LogP contribution in [0.2, 0.25) is 0 Å². The molecule has 0 amide bonds. The van der Waals surface area contributed by atoms with Crippen LogP contribution in [0.1, 0.15) is 0 Å². The Balaban J connectivity index is 2.33. The lowest BCUT2D eigenvalue weighted by Gasteiger charge is -2.03. The van der Waals surface area contributed by atoms with Crippen molar-refractivity contribution in [3.63, 3.8) is 0 Å². The van der Waals surface area contributed by atoms with Gasteiger partial charge in [0.15, 0.2) is 0 Å². The fourth-order valence-electron chi connectivity index (χ4n) is 0.880. The lowest BCUT2D eigenvalue weighted by atomic mass is 10.5. The predicted octanol–water partition coefficient (Wildman–Crippen LogP) is 1.66. The Morgan fingerprint density at radius 2 is 2.38 bits per heavy atom. The Kier molecular flexibility index (Phi) is 2.02. The molecule has 2 rings (SSSR count). The molecule has 0 aliphatic carbocycles. The van der Waals surface area contributed by atoms with Crippen molar-refractivity contribution in [3.8, 4) is 10.7 Å². The summed E-state index contributed by atoms with van der Waals surface area (Å²) in [5.41, 5.74) is 0.759. The Bertz CT molecular complexity index is 380. The molecule has 0 spiro atoms. The van der Waals surface area contributed by atoms with Gasteiger partial charge in [-0.05, 0) is 0 Å². The fourth-order valence-corrected chi connectivity index (χ4v) is 1.40. The van der Waals surface area contributed by atoms with Crippen LogP contribution < -0.4 is 4.90 Å². The van der Waals surface area contributed by atoms with Gasteiger partial charge >= 0.3 is 0 Å². The van der Waals surface area contributed by atoms with Gasteiger partial charge in [-0.2, -0.15) is 4.98 Å². The molecule has 2 heterocycles. The van der Waals surface area contributed by atoms with Crippen LogP contribution in [0.4, 0.5) is 6.01 Å². The second-order valence-electron chi connectivity index (χ2n) is 2.69. The third-order valence-electron chi connectivity index (χ3n) is 1.48. The minimum Gasteiger partial charge on any atom is -0.431 e. The highest BCUT2D eigenvalue weighted by atomic mass is 32.1. The van der Waals surface area contributed by atoms with Crippen molar-refractivity contribution in [2.45, 2.75) is 0 Å². The maximum Gasteiger partial charge on any atom is 0.297 e. The topological polar surface area (TPSA) is 42.2 Å². The lowest BCUT2D eigenvalue weighted by Crippen LogP contribution is -2.08. The Morgan fingerprint density at radius 3 is 2.92 bits per heavy atom. The summed E-state index contributed by atoms with van der Waals surface area (Å²) in [4.78, 5) is 10.1. The molecule has 0 saturated carbocycles. The number of thiazole rings is 1. The van der Waals surface area contributed by atoms with Gasteiger partial charge in [0.1, 0.15) is 17.0 Å². The SMILES string of the molecule is CN(C)c1nc(-c2nc[c]s2)co1. The van der Waals surface area contributed by atoms with Gasteiger partial charge in [0.2, 0.25) is 0 Å². The molecule has 4 nitrogen and oxygen atoms in total. The molecule has 2 aromatic rings. The van der Waals surface area contributed by atoms with E-state index in [4.69, 9.17) is 4.42 Å². The number of oxazole rings is 1. The van der Waals surface area contributed by atoms with Crippen molar-refractivity contribution in [1.82, 2.24) is 9.97 Å². The monoisotopic (exact) mass is 194 g/mol. The van der Waals surface area contributed by atoms with Gasteiger partial charge in [-0.1, -0.05) is 0 Å². The van der Waals surface area contributed by atoms with Crippen molar-refractivity contribution in [1.29, 1.82) is 0 Å². The second-order valence-corrected chi connectivity index (χ2v) is 3.52. The van der Waals surface area contributed by atoms with Crippen LogP contribution >= 0.6 is 11.3 Å². The average molecular weight is 194 g/mol. The maximum absolute atomic E-state index is 5.22. The number of aromatic nitrogens is 2. The van der Waals surface area contributed by atoms with E-state index in [2.05, 4.69) is 15.3 Å². The summed E-state index contributed by atoms with van der Waals surface area (Å²) in [6.45, 7) is 0. The smallest absolute Gasteiger partial charge is 0.297 e. The minimum atomic E-state index is 0.588. The van der Waals surface area contributed by atoms with E-state index in [-0.39, 0.29) is 0 Å². The summed E-state index contributed by atoms with van der Waals surface area (Å²) < 4.78 is 5.22. The highest BCUT2D eigenvalue weighted by molar-refractivity contribution is 7.12. The molecule has 0 fully saturated rings. The number of hydrogen-bond acceptors (Lipinski definition) is 5. The molecule has 13 heavy (non-hydrogen) atoms. The normalized spacial score (nSPS) is 10.3. The van der Waals surface area contributed by atoms with E-state index in [1.807, 2.05) is 14.1 Å². The first-order chi connectivity index (χ1) is 6.27. The molecule has 0 unspecified atom stereocenters. The van der Waals surface area contributed by atoms with Crippen LogP contribution in [-0.2, 0) is 0 Å². The van der Waals surface area contributed by atoms with Gasteiger partial charge in [-0.3, -0.25) is 0 Å². The number of hydrogen-bond donors (Lipinski definition) is 0. The average Bonchev–Trinajstić information content (AvgIpc) is 2.75. The molecule has 2 aromatic heterocycles. The molecule has 0 saturated heterocycles. The van der Waals surface area contributed by atoms with Gasteiger partial charge in [0, 0.05) is 20.3 Å². The van der Waals surface area contributed by atoms with Gasteiger partial charge in [-0.15, -0.1) is 11.3 Å². The maximum atomic E-state index is 5.22. The Hall–Kier alpha value is -1.36. The summed E-state index contributed by atoms with van der Waals surface area (Å²) in [6.07, 6.45) is 3.23. The van der Waals surface area contributed by atoms with Crippen molar-refractivity contribution in [3.05, 3.63) is 17.8 Å². The first kappa shape index (κ1) is 8.25. The zero-order chi connectivity index (χ0) is 9.26. The van der Waals surface area contributed by atoms with E-state index < -0.39 is 0 Å². The van der Waals surface area contributed by atoms with E-state index in [0.29, 0.717) is 6.01 Å². The first-order valence-corrected chi connectivity index (χ1v) is 4.54. The minimum absolute atomic E-state index is 0.588. The third-order valence-corrected chi connectivity index (χ3v) is 2.22. The van der Waals surface area contributed by atoms with Crippen LogP contribution in [0.3, 0.4) is 0 Å². The molecule has 5 heteroatoms. The van der Waals surface area contributed by atoms with Gasteiger partial charge in [-0.25, -0.2) is 4.98 Å². The lowest BCUT2D eigenvalue weighted by molar-refractivity contribution is 0.556. The second kappa shape index (κ2) is 3.18. The van der Waals surface area contributed by atoms with E-state index in [1.165, 1.54) is 11.3 Å². The van der Waals surface area contributed by atoms with E-state index in [0.717, 1.165) is 10.7 Å². The summed E-state index contributed by atoms with van der Waals surface area (Å²) in [5, 5.41) is 3.73. The third kappa shape index (κ3) is 1.55. The number of nitrogens with zero attached hydrogens (tertiary/aromatic N) is 3. The van der Waals surface area contributed by atoms with Gasteiger partial charge in [0.25, 0.3) is 6.01 Å². The molecular weight excluding hydrogens is 186 g/mol. The molecule has 1 radical (unpaired) electrons. The zero-order valence-electron chi connectivity index (χ0n) is 7.31. The van der Waals surface area contributed by atoms with Crippen LogP contribution in [0.5, 0.6) is 0 Å². The Labute approximate surface area is 79.9 Å². The van der Waals surface area contributed by atoms with E-state index in [9.17, 15) is 0 Å². The standard InChI is InChI=1S/C8H8N3OS/c1-11(2)8-10-6(5-12-8)7-9-3-4-13-7/h3,5H,1-2H3. The highest BCUT2D eigenvalue weighted by Gasteiger charge is 2.08. The van der Waals surface area contributed by atoms with Crippen LogP contribution in [0, 0.1) is 5.38 Å². The molecule has 0 aliphatic rings. The van der Waals surface area contributed by atoms with Crippen molar-refractivity contribution in [2.24, 2.45) is 0 Å². The summed E-state index contributed by atoms with van der Waals surface area (Å²) >= 11 is 1.42. The summed E-state index contributed by atoms with van der Waals surface area (Å²) in [5.74, 6) is 0. The first-order valence-electron chi connectivity index (χ1n) is 3.72. The predicted molar refractivity (Wildman–Crippen MR) is 50.8 cm³/mol. The number of rotatable bonds is 2. The molecule has 0 N–H and O–H groups in total. The summed E-state index contributed by atoms with van der Waals surface area (Å²) in [7, 11) is 3.76. The molecular formula is C8H8N3OS. The summed E-state index contributed by atoms with van der Waals surface area (Å²) in [6, 6.07) is 0.588. The van der Waals surface area contributed by atoms with Crippen molar-refractivity contribution < 1.29 is 4.42 Å². The zero-order valence-corrected chi connectivity index (χ0v) is 8.13. The van der Waals surface area contributed by atoms with Crippen LogP contribution in [0.15, 0.2) is 16.9 Å². The molecule has 0 aromatic carbocycles. The quantitative estimate of drug-likeness (QED) is 0.729. The molecule has 0 atom stereocenters. The highest BCUT2D eigenvalue weighted by Crippen LogP contribution is 2.22. The molecule has 0 aliphatic heterocycles. The number of anilines is 1. The fraction of sp³-hybridized carbons (Fsp3) is 0.250. The Morgan fingerprint density at radius 1 is 1.54 bits per heavy atom. The van der Waals surface area contributed by atoms with Gasteiger partial charge in [0.05, 0.1) is 5.38 Å². The molecule has 0 bridgehead atoms. The van der Waals surface area contributed by atoms with Crippen molar-refractivity contribution in [2.75, 3.05) is 19.0 Å². The van der Waals surface area contributed by atoms with E-state index >= 15 is 0 Å². The van der Waals surface area contributed by atoms with E-state index in [1.54, 1.807) is 17.4 Å². The van der Waals surface area contributed by atoms with Crippen LogP contribution in [-0.4, -0.2) is 24.1 Å². The largest absolute Gasteiger partial charge is 0.431 e. The van der Waals surface area contributed by atoms with Gasteiger partial charge < -0.3 is 9.32 Å².